The number of nitrogens with one attached hydrogen (secondary N) is 1. The van der Waals surface area contributed by atoms with Crippen LogP contribution in [0.3, 0.4) is 0 Å². The highest BCUT2D eigenvalue weighted by molar-refractivity contribution is 5.76. The first-order valence-corrected chi connectivity index (χ1v) is 40.0. The highest BCUT2D eigenvalue weighted by Gasteiger charge is 2.18. The molecule has 0 spiro atoms. The fraction of sp³-hybridized carbons (Fsp3) is 0.950. The summed E-state index contributed by atoms with van der Waals surface area (Å²) in [5.41, 5.74) is 0. The number of unbranched alkanes of at least 4 members (excludes halogenated alkanes) is 65. The third-order valence-corrected chi connectivity index (χ3v) is 19.1. The van der Waals surface area contributed by atoms with Crippen LogP contribution >= 0.6 is 0 Å². The Morgan fingerprint density at radius 2 is 0.535 bits per heavy atom. The second-order valence-corrected chi connectivity index (χ2v) is 27.8. The van der Waals surface area contributed by atoms with Crippen LogP contribution in [0.2, 0.25) is 0 Å². The Kier molecular flexibility index (Phi) is 74.8. The van der Waals surface area contributed by atoms with Gasteiger partial charge in [0.05, 0.1) is 25.4 Å². The van der Waals surface area contributed by atoms with Crippen molar-refractivity contribution in [2.45, 2.75) is 475 Å². The smallest absolute Gasteiger partial charge is 0.305 e. The molecule has 0 aliphatic rings. The molecule has 0 aromatic carbocycles. The van der Waals surface area contributed by atoms with Crippen LogP contribution in [0.1, 0.15) is 463 Å². The van der Waals surface area contributed by atoms with Crippen LogP contribution in [-0.2, 0) is 14.3 Å². The van der Waals surface area contributed by atoms with E-state index in [1.807, 2.05) is 6.08 Å². The first-order chi connectivity index (χ1) is 42.5. The van der Waals surface area contributed by atoms with E-state index in [-0.39, 0.29) is 18.5 Å². The molecule has 0 rings (SSSR count). The van der Waals surface area contributed by atoms with Crippen LogP contribution in [0.4, 0.5) is 0 Å². The summed E-state index contributed by atoms with van der Waals surface area (Å²) < 4.78 is 5.50. The summed E-state index contributed by atoms with van der Waals surface area (Å²) >= 11 is 0. The molecule has 6 nitrogen and oxygen atoms in total. The Bertz CT molecular complexity index is 1300. The number of ether oxygens (including phenoxy) is 1. The van der Waals surface area contributed by atoms with Gasteiger partial charge in [-0.05, 0) is 32.1 Å². The zero-order valence-electron chi connectivity index (χ0n) is 58.8. The van der Waals surface area contributed by atoms with Crippen molar-refractivity contribution in [3.63, 3.8) is 0 Å². The van der Waals surface area contributed by atoms with Gasteiger partial charge in [-0.25, -0.2) is 0 Å². The van der Waals surface area contributed by atoms with Crippen molar-refractivity contribution in [3.8, 4) is 0 Å². The van der Waals surface area contributed by atoms with Crippen molar-refractivity contribution in [1.29, 1.82) is 0 Å². The Labute approximate surface area is 539 Å². The molecule has 0 aliphatic carbocycles. The minimum atomic E-state index is -0.842. The second-order valence-electron chi connectivity index (χ2n) is 27.8. The Morgan fingerprint density at radius 1 is 0.314 bits per heavy atom. The molecule has 86 heavy (non-hydrogen) atoms. The molecule has 0 aromatic rings. The van der Waals surface area contributed by atoms with E-state index in [0.717, 1.165) is 38.5 Å². The lowest BCUT2D eigenvalue weighted by Crippen LogP contribution is -2.45. The molecule has 0 saturated carbocycles. The van der Waals surface area contributed by atoms with Crippen LogP contribution in [0, 0.1) is 0 Å². The number of carbonyl (C=O) groups is 2. The number of aliphatic hydroxyl groups is 2. The number of allylic oxidation sites excluding steroid dienone is 1. The van der Waals surface area contributed by atoms with Crippen molar-refractivity contribution in [3.05, 3.63) is 12.2 Å². The molecule has 0 fully saturated rings. The number of amides is 1. The maximum atomic E-state index is 12.6. The largest absolute Gasteiger partial charge is 0.466 e. The molecule has 3 N–H and O–H groups in total. The van der Waals surface area contributed by atoms with Gasteiger partial charge in [0.15, 0.2) is 0 Å². The summed E-state index contributed by atoms with van der Waals surface area (Å²) in [7, 11) is 0. The van der Waals surface area contributed by atoms with Gasteiger partial charge in [-0.2, -0.15) is 0 Å². The quantitative estimate of drug-likeness (QED) is 0.0320. The molecule has 2 unspecified atom stereocenters. The highest BCUT2D eigenvalue weighted by atomic mass is 16.5. The topological polar surface area (TPSA) is 95.9 Å². The van der Waals surface area contributed by atoms with Gasteiger partial charge >= 0.3 is 5.97 Å². The lowest BCUT2D eigenvalue weighted by atomic mass is 10.0. The van der Waals surface area contributed by atoms with E-state index < -0.39 is 12.1 Å². The van der Waals surface area contributed by atoms with Crippen molar-refractivity contribution in [1.82, 2.24) is 5.32 Å². The van der Waals surface area contributed by atoms with Gasteiger partial charge in [0.1, 0.15) is 0 Å². The van der Waals surface area contributed by atoms with Crippen LogP contribution in [0.15, 0.2) is 12.2 Å². The maximum absolute atomic E-state index is 12.6. The van der Waals surface area contributed by atoms with Gasteiger partial charge in [-0.3, -0.25) is 9.59 Å². The van der Waals surface area contributed by atoms with Crippen LogP contribution in [0.25, 0.3) is 0 Å². The molecule has 0 radical (unpaired) electrons. The third-order valence-electron chi connectivity index (χ3n) is 19.1. The van der Waals surface area contributed by atoms with Gasteiger partial charge in [0.2, 0.25) is 5.91 Å². The van der Waals surface area contributed by atoms with Crippen molar-refractivity contribution in [2.75, 3.05) is 13.2 Å². The second kappa shape index (κ2) is 76.1. The number of esters is 1. The highest BCUT2D eigenvalue weighted by Crippen LogP contribution is 2.20. The van der Waals surface area contributed by atoms with Gasteiger partial charge in [0.25, 0.3) is 0 Å². The summed E-state index contributed by atoms with van der Waals surface area (Å²) in [6.45, 7) is 4.96. The van der Waals surface area contributed by atoms with E-state index in [1.165, 1.54) is 398 Å². The number of rotatable bonds is 76. The summed E-state index contributed by atoms with van der Waals surface area (Å²) in [5.74, 6) is -0.0339. The van der Waals surface area contributed by atoms with E-state index >= 15 is 0 Å². The average Bonchev–Trinajstić information content (AvgIpc) is 3.55. The predicted octanol–water partition coefficient (Wildman–Crippen LogP) is 26.3. The van der Waals surface area contributed by atoms with Crippen LogP contribution < -0.4 is 5.32 Å². The van der Waals surface area contributed by atoms with E-state index in [4.69, 9.17) is 4.74 Å². The molecule has 0 bridgehead atoms. The van der Waals surface area contributed by atoms with Crippen molar-refractivity contribution >= 4 is 11.9 Å². The minimum Gasteiger partial charge on any atom is -0.466 e. The number of aliphatic hydroxyl groups excluding tert-OH is 2. The Hall–Kier alpha value is -1.40. The predicted molar refractivity (Wildman–Crippen MR) is 380 cm³/mol. The third kappa shape index (κ3) is 71.7. The number of hydrogen-bond donors (Lipinski definition) is 3. The summed E-state index contributed by atoms with van der Waals surface area (Å²) in [6, 6.07) is -0.625. The molecule has 0 saturated heterocycles. The molecule has 2 atom stereocenters. The molecule has 1 amide bonds. The molecule has 0 aromatic heterocycles. The maximum Gasteiger partial charge on any atom is 0.305 e. The Morgan fingerprint density at radius 3 is 0.791 bits per heavy atom. The minimum absolute atomic E-state index is 0.0237. The monoisotopic (exact) mass is 1210 g/mol. The van der Waals surface area contributed by atoms with E-state index in [1.54, 1.807) is 6.08 Å². The summed E-state index contributed by atoms with van der Waals surface area (Å²) in [5, 5.41) is 23.3. The molecule has 0 heterocycles. The Balaban J connectivity index is 3.35. The van der Waals surface area contributed by atoms with Gasteiger partial charge in [-0.15, -0.1) is 0 Å². The first-order valence-electron chi connectivity index (χ1n) is 40.0. The van der Waals surface area contributed by atoms with E-state index in [9.17, 15) is 19.8 Å². The molecule has 512 valence electrons. The number of hydrogen-bond acceptors (Lipinski definition) is 5. The van der Waals surface area contributed by atoms with Gasteiger partial charge < -0.3 is 20.3 Å². The molecule has 0 aliphatic heterocycles. The van der Waals surface area contributed by atoms with Gasteiger partial charge in [-0.1, -0.05) is 431 Å². The summed E-state index contributed by atoms with van der Waals surface area (Å²) in [4.78, 5) is 24.6. The SMILES string of the molecule is CCCCCCCCCCCCCCCCCCCCCCCC/C=C/C(O)C(CO)NC(=O)CCCCCCCCCCCCCCCCCCCCCCCCCCCCCCCCCCOC(=O)CCCCCCCCCCCCCCC. The van der Waals surface area contributed by atoms with E-state index in [0.29, 0.717) is 19.4 Å². The zero-order chi connectivity index (χ0) is 62.0. The zero-order valence-corrected chi connectivity index (χ0v) is 58.8. The normalized spacial score (nSPS) is 12.5. The average molecular weight is 1210 g/mol. The fourth-order valence-electron chi connectivity index (χ4n) is 13.0. The van der Waals surface area contributed by atoms with Crippen LogP contribution in [0.5, 0.6) is 0 Å². The number of carbonyl (C=O) groups excluding carboxylic acids is 2. The summed E-state index contributed by atoms with van der Waals surface area (Å²) in [6.07, 6.45) is 96.3. The molecular formula is C80H157NO5. The molecule has 6 heteroatoms. The first kappa shape index (κ1) is 84.6. The lowest BCUT2D eigenvalue weighted by Gasteiger charge is -2.20. The van der Waals surface area contributed by atoms with Crippen LogP contribution in [-0.4, -0.2) is 47.4 Å². The van der Waals surface area contributed by atoms with Gasteiger partial charge in [0, 0.05) is 12.8 Å². The fourth-order valence-corrected chi connectivity index (χ4v) is 13.0. The molecular weight excluding hydrogens is 1050 g/mol. The van der Waals surface area contributed by atoms with E-state index in [2.05, 4.69) is 19.2 Å². The van der Waals surface area contributed by atoms with Crippen molar-refractivity contribution in [2.24, 2.45) is 0 Å². The van der Waals surface area contributed by atoms with Crippen molar-refractivity contribution < 1.29 is 24.5 Å². The lowest BCUT2D eigenvalue weighted by molar-refractivity contribution is -0.143. The standard InChI is InChI=1S/C80H157NO5/c1-3-5-7-9-11-13-15-17-18-19-20-21-22-33-36-39-42-45-49-52-56-60-64-68-72-78(83)77(76-82)81-79(84)73-69-65-61-57-53-50-46-43-40-37-34-31-29-27-25-23-24-26-28-30-32-35-38-41-44-47-51-55-59-63-67-71-75-86-80(85)74-70-66-62-58-54-48-16-14-12-10-8-6-4-2/h68,72,77-78,82-83H,3-67,69-71,73-76H2,1-2H3,(H,81,84)/b72-68+.